The maximum atomic E-state index is 12.2. The first-order valence-electron chi connectivity index (χ1n) is 10.2. The van der Waals surface area contributed by atoms with Gasteiger partial charge in [0.15, 0.2) is 17.1 Å². The zero-order valence-corrected chi connectivity index (χ0v) is 18.3. The monoisotopic (exact) mass is 414 g/mol. The van der Waals surface area contributed by atoms with E-state index in [1.54, 1.807) is 6.08 Å². The number of nitrogens with zero attached hydrogens (tertiary/aromatic N) is 3. The van der Waals surface area contributed by atoms with Gasteiger partial charge in [0.25, 0.3) is 0 Å². The Labute approximate surface area is 177 Å². The van der Waals surface area contributed by atoms with Crippen molar-refractivity contribution in [3.05, 3.63) is 47.8 Å². The highest BCUT2D eigenvalue weighted by atomic mass is 32.2. The van der Waals surface area contributed by atoms with Crippen molar-refractivity contribution in [2.75, 3.05) is 5.75 Å². The molecule has 1 amide bonds. The van der Waals surface area contributed by atoms with Gasteiger partial charge in [0, 0.05) is 12.6 Å². The second-order valence-corrected chi connectivity index (χ2v) is 8.53. The molecule has 156 valence electrons. The van der Waals surface area contributed by atoms with Crippen LogP contribution in [-0.2, 0) is 11.3 Å². The van der Waals surface area contributed by atoms with Gasteiger partial charge in [-0.2, -0.15) is 0 Å². The molecule has 2 aromatic rings. The van der Waals surface area contributed by atoms with E-state index in [1.807, 2.05) is 23.6 Å². The molecule has 1 unspecified atom stereocenters. The van der Waals surface area contributed by atoms with E-state index < -0.39 is 0 Å². The smallest absolute Gasteiger partial charge is 0.230 e. The lowest BCUT2D eigenvalue weighted by Crippen LogP contribution is -2.33. The first-order valence-corrected chi connectivity index (χ1v) is 11.2. The molecule has 1 fully saturated rings. The van der Waals surface area contributed by atoms with Gasteiger partial charge in [0.1, 0.15) is 5.75 Å². The average molecular weight is 415 g/mol. The molecule has 0 bridgehead atoms. The molecule has 1 atom stereocenters. The number of hydrogen-bond acceptors (Lipinski definition) is 5. The SMILES string of the molecule is C=CCn1c(SCC(=O)NC2CCCC2)nnc1C(C)Oc1ccc(C)c(C)c1. The van der Waals surface area contributed by atoms with Crippen LogP contribution in [0.5, 0.6) is 5.75 Å². The Bertz CT molecular complexity index is 858. The van der Waals surface area contributed by atoms with Gasteiger partial charge >= 0.3 is 0 Å². The summed E-state index contributed by atoms with van der Waals surface area (Å²) in [5, 5.41) is 12.5. The number of rotatable bonds is 9. The molecule has 29 heavy (non-hydrogen) atoms. The third kappa shape index (κ3) is 5.63. The zero-order valence-electron chi connectivity index (χ0n) is 17.5. The van der Waals surface area contributed by atoms with Crippen LogP contribution in [0.4, 0.5) is 0 Å². The van der Waals surface area contributed by atoms with Crippen molar-refractivity contribution < 1.29 is 9.53 Å². The van der Waals surface area contributed by atoms with E-state index in [4.69, 9.17) is 4.74 Å². The normalized spacial score (nSPS) is 15.3. The van der Waals surface area contributed by atoms with E-state index in [0.29, 0.717) is 23.5 Å². The highest BCUT2D eigenvalue weighted by Gasteiger charge is 2.21. The van der Waals surface area contributed by atoms with Crippen molar-refractivity contribution in [1.82, 2.24) is 20.1 Å². The molecule has 1 aromatic carbocycles. The fourth-order valence-corrected chi connectivity index (χ4v) is 4.29. The Morgan fingerprint density at radius 1 is 1.34 bits per heavy atom. The number of aromatic nitrogens is 3. The average Bonchev–Trinajstić information content (AvgIpc) is 3.33. The van der Waals surface area contributed by atoms with E-state index in [9.17, 15) is 4.79 Å². The molecular weight excluding hydrogens is 384 g/mol. The summed E-state index contributed by atoms with van der Waals surface area (Å²) in [5.74, 6) is 1.91. The third-order valence-electron chi connectivity index (χ3n) is 5.26. The van der Waals surface area contributed by atoms with Crippen molar-refractivity contribution in [2.45, 2.75) is 70.3 Å². The third-order valence-corrected chi connectivity index (χ3v) is 6.23. The first-order chi connectivity index (χ1) is 14.0. The van der Waals surface area contributed by atoms with Crippen LogP contribution in [0.2, 0.25) is 0 Å². The molecule has 0 spiro atoms. The fraction of sp³-hybridized carbons (Fsp3) is 0.500. The molecule has 0 saturated heterocycles. The number of hydrogen-bond donors (Lipinski definition) is 1. The van der Waals surface area contributed by atoms with Crippen LogP contribution in [0.15, 0.2) is 36.0 Å². The molecular formula is C22H30N4O2S. The molecule has 0 radical (unpaired) electrons. The summed E-state index contributed by atoms with van der Waals surface area (Å²) in [5.41, 5.74) is 2.42. The lowest BCUT2D eigenvalue weighted by molar-refractivity contribution is -0.119. The molecule has 1 aromatic heterocycles. The van der Waals surface area contributed by atoms with Gasteiger partial charge in [0.05, 0.1) is 5.75 Å². The second kappa shape index (κ2) is 9.96. The Morgan fingerprint density at radius 2 is 2.10 bits per heavy atom. The minimum absolute atomic E-state index is 0.0519. The minimum atomic E-state index is -0.272. The summed E-state index contributed by atoms with van der Waals surface area (Å²) in [7, 11) is 0. The lowest BCUT2D eigenvalue weighted by atomic mass is 10.1. The summed E-state index contributed by atoms with van der Waals surface area (Å²) in [6, 6.07) is 6.38. The Kier molecular flexibility index (Phi) is 7.36. The highest BCUT2D eigenvalue weighted by molar-refractivity contribution is 7.99. The number of thioether (sulfide) groups is 1. The summed E-state index contributed by atoms with van der Waals surface area (Å²) >= 11 is 1.40. The number of nitrogens with one attached hydrogen (secondary N) is 1. The number of ether oxygens (including phenoxy) is 1. The summed E-state index contributed by atoms with van der Waals surface area (Å²) in [6.45, 7) is 10.5. The number of aryl methyl sites for hydroxylation is 2. The van der Waals surface area contributed by atoms with Crippen LogP contribution in [0.3, 0.4) is 0 Å². The topological polar surface area (TPSA) is 69.0 Å². The molecule has 1 saturated carbocycles. The van der Waals surface area contributed by atoms with Crippen LogP contribution in [0.1, 0.15) is 55.7 Å². The van der Waals surface area contributed by atoms with Crippen molar-refractivity contribution in [1.29, 1.82) is 0 Å². The largest absolute Gasteiger partial charge is 0.483 e. The standard InChI is InChI=1S/C22H30N4O2S/c1-5-12-26-21(17(4)28-19-11-10-15(2)16(3)13-19)24-25-22(26)29-14-20(27)23-18-8-6-7-9-18/h5,10-11,13,17-18H,1,6-9,12,14H2,2-4H3,(H,23,27). The lowest BCUT2D eigenvalue weighted by Gasteiger charge is -2.16. The quantitative estimate of drug-likeness (QED) is 0.487. The molecule has 7 heteroatoms. The molecule has 3 rings (SSSR count). The molecule has 1 heterocycles. The van der Waals surface area contributed by atoms with Crippen molar-refractivity contribution in [2.24, 2.45) is 0 Å². The maximum absolute atomic E-state index is 12.2. The molecule has 1 aliphatic carbocycles. The van der Waals surface area contributed by atoms with Gasteiger partial charge in [-0.15, -0.1) is 16.8 Å². The number of carbonyl (C=O) groups excluding carboxylic acids is 1. The predicted octanol–water partition coefficient (Wildman–Crippen LogP) is 4.37. The van der Waals surface area contributed by atoms with E-state index in [0.717, 1.165) is 24.4 Å². The van der Waals surface area contributed by atoms with E-state index in [-0.39, 0.29) is 12.0 Å². The van der Waals surface area contributed by atoms with E-state index in [2.05, 4.69) is 42.0 Å². The minimum Gasteiger partial charge on any atom is -0.483 e. The molecule has 6 nitrogen and oxygen atoms in total. The Balaban J connectivity index is 1.65. The van der Waals surface area contributed by atoms with Gasteiger partial charge in [-0.3, -0.25) is 9.36 Å². The summed E-state index contributed by atoms with van der Waals surface area (Å²) < 4.78 is 8.07. The van der Waals surface area contributed by atoms with Gasteiger partial charge in [-0.1, -0.05) is 36.7 Å². The number of amides is 1. The molecule has 1 N–H and O–H groups in total. The Morgan fingerprint density at radius 3 is 2.79 bits per heavy atom. The van der Waals surface area contributed by atoms with Gasteiger partial charge in [0.2, 0.25) is 5.91 Å². The van der Waals surface area contributed by atoms with Crippen LogP contribution >= 0.6 is 11.8 Å². The van der Waals surface area contributed by atoms with Gasteiger partial charge < -0.3 is 10.1 Å². The van der Waals surface area contributed by atoms with Crippen LogP contribution < -0.4 is 10.1 Å². The van der Waals surface area contributed by atoms with Crippen molar-refractivity contribution in [3.8, 4) is 5.75 Å². The van der Waals surface area contributed by atoms with Gasteiger partial charge in [-0.05, 0) is 56.9 Å². The van der Waals surface area contributed by atoms with E-state index >= 15 is 0 Å². The molecule has 1 aliphatic rings. The summed E-state index contributed by atoms with van der Waals surface area (Å²) in [4.78, 5) is 12.2. The van der Waals surface area contributed by atoms with E-state index in [1.165, 1.54) is 35.7 Å². The number of allylic oxidation sites excluding steroid dienone is 1. The fourth-order valence-electron chi connectivity index (χ4n) is 3.52. The van der Waals surface area contributed by atoms with Crippen LogP contribution in [-0.4, -0.2) is 32.5 Å². The number of carbonyl (C=O) groups is 1. The molecule has 0 aliphatic heterocycles. The van der Waals surface area contributed by atoms with Crippen molar-refractivity contribution >= 4 is 17.7 Å². The zero-order chi connectivity index (χ0) is 20.8. The second-order valence-electron chi connectivity index (χ2n) is 7.58. The highest BCUT2D eigenvalue weighted by Crippen LogP contribution is 2.26. The maximum Gasteiger partial charge on any atom is 0.230 e. The number of benzene rings is 1. The van der Waals surface area contributed by atoms with Crippen LogP contribution in [0.25, 0.3) is 0 Å². The first kappa shape index (κ1) is 21.4. The van der Waals surface area contributed by atoms with Gasteiger partial charge in [-0.25, -0.2) is 0 Å². The van der Waals surface area contributed by atoms with Crippen LogP contribution in [0, 0.1) is 13.8 Å². The van der Waals surface area contributed by atoms with Crippen molar-refractivity contribution in [3.63, 3.8) is 0 Å². The Hall–Kier alpha value is -2.28. The predicted molar refractivity (Wildman–Crippen MR) is 116 cm³/mol. The summed E-state index contributed by atoms with van der Waals surface area (Å²) in [6.07, 6.45) is 6.10.